The van der Waals surface area contributed by atoms with Crippen LogP contribution in [0.25, 0.3) is 0 Å². The Hall–Kier alpha value is -1.39. The summed E-state index contributed by atoms with van der Waals surface area (Å²) in [7, 11) is 0. The molecular weight excluding hydrogens is 228 g/mol. The summed E-state index contributed by atoms with van der Waals surface area (Å²) in [6.07, 6.45) is 4.81. The Morgan fingerprint density at radius 3 is 3.00 bits per heavy atom. The van der Waals surface area contributed by atoms with Crippen LogP contribution >= 0.6 is 11.6 Å². The van der Waals surface area contributed by atoms with Gasteiger partial charge in [-0.05, 0) is 18.9 Å². The molecule has 0 spiro atoms. The molecule has 5 heteroatoms. The van der Waals surface area contributed by atoms with Gasteiger partial charge < -0.3 is 4.84 Å². The Morgan fingerprint density at radius 2 is 2.50 bits per heavy atom. The van der Waals surface area contributed by atoms with Crippen molar-refractivity contribution < 1.29 is 9.63 Å². The number of rotatable bonds is 4. The monoisotopic (exact) mass is 240 g/mol. The molecule has 4 nitrogen and oxygen atoms in total. The molecule has 1 aliphatic rings. The number of halogens is 1. The lowest BCUT2D eigenvalue weighted by atomic mass is 9.91. The Balaban J connectivity index is 2.98. The number of nitrogens with two attached hydrogens (primary N) is 1. The Morgan fingerprint density at radius 1 is 1.81 bits per heavy atom. The summed E-state index contributed by atoms with van der Waals surface area (Å²) >= 11 is 5.95. The fraction of sp³-hybridized carbons (Fsp3) is 0.273. The van der Waals surface area contributed by atoms with Gasteiger partial charge in [-0.3, -0.25) is 4.79 Å². The van der Waals surface area contributed by atoms with Crippen LogP contribution in [-0.2, 0) is 9.63 Å². The normalized spacial score (nSPS) is 20.9. The highest BCUT2D eigenvalue weighted by Crippen LogP contribution is 2.28. The van der Waals surface area contributed by atoms with Crippen LogP contribution in [0.5, 0.6) is 0 Å². The Bertz CT molecular complexity index is 397. The molecule has 0 fully saturated rings. The van der Waals surface area contributed by atoms with E-state index in [1.807, 2.05) is 6.08 Å². The van der Waals surface area contributed by atoms with E-state index in [9.17, 15) is 4.79 Å². The molecule has 0 amide bonds. The molecule has 1 aliphatic heterocycles. The van der Waals surface area contributed by atoms with Gasteiger partial charge in [0.1, 0.15) is 10.9 Å². The molecule has 86 valence electrons. The number of carbonyl (C=O) groups is 1. The molecule has 0 bridgehead atoms. The van der Waals surface area contributed by atoms with Gasteiger partial charge in [0.2, 0.25) is 0 Å². The van der Waals surface area contributed by atoms with Crippen molar-refractivity contribution in [1.29, 1.82) is 0 Å². The van der Waals surface area contributed by atoms with Gasteiger partial charge in [-0.1, -0.05) is 24.3 Å². The van der Waals surface area contributed by atoms with Crippen molar-refractivity contribution in [1.82, 2.24) is 0 Å². The van der Waals surface area contributed by atoms with Gasteiger partial charge in [-0.15, -0.1) is 0 Å². The van der Waals surface area contributed by atoms with E-state index >= 15 is 0 Å². The zero-order valence-electron chi connectivity index (χ0n) is 8.94. The lowest BCUT2D eigenvalue weighted by Gasteiger charge is -2.19. The summed E-state index contributed by atoms with van der Waals surface area (Å²) in [4.78, 5) is 19.4. The van der Waals surface area contributed by atoms with Gasteiger partial charge in [0.15, 0.2) is 6.29 Å². The maximum absolute atomic E-state index is 10.9. The van der Waals surface area contributed by atoms with Gasteiger partial charge in [0, 0.05) is 12.1 Å². The van der Waals surface area contributed by atoms with E-state index in [-0.39, 0.29) is 5.92 Å². The number of aldehydes is 1. The first-order chi connectivity index (χ1) is 7.61. The van der Waals surface area contributed by atoms with E-state index in [0.29, 0.717) is 34.8 Å². The van der Waals surface area contributed by atoms with E-state index in [4.69, 9.17) is 17.5 Å². The number of hydrogen-bond donors (Lipinski definition) is 1. The third-order valence-corrected chi connectivity index (χ3v) is 2.76. The molecule has 0 aromatic rings. The molecule has 1 heterocycles. The molecule has 16 heavy (non-hydrogen) atoms. The van der Waals surface area contributed by atoms with Gasteiger partial charge in [-0.2, -0.15) is 5.90 Å². The number of allylic oxidation sites excluding steroid dienone is 4. The van der Waals surface area contributed by atoms with Crippen LogP contribution in [0, 0.1) is 5.92 Å². The lowest BCUT2D eigenvalue weighted by molar-refractivity contribution is -0.105. The van der Waals surface area contributed by atoms with Crippen LogP contribution in [-0.4, -0.2) is 11.5 Å². The highest BCUT2D eigenvalue weighted by atomic mass is 35.5. The Labute approximate surface area is 99.1 Å². The van der Waals surface area contributed by atoms with Crippen LogP contribution < -0.4 is 5.90 Å². The predicted molar refractivity (Wildman–Crippen MR) is 63.7 cm³/mol. The zero-order valence-corrected chi connectivity index (χ0v) is 9.70. The van der Waals surface area contributed by atoms with Crippen molar-refractivity contribution in [2.24, 2.45) is 16.8 Å². The molecular formula is C11H13ClN2O2. The van der Waals surface area contributed by atoms with Crippen molar-refractivity contribution in [2.75, 3.05) is 0 Å². The van der Waals surface area contributed by atoms with E-state index in [1.54, 1.807) is 13.1 Å². The number of carbonyl (C=O) groups excluding carboxylic acids is 1. The second-order valence-electron chi connectivity index (χ2n) is 3.36. The summed E-state index contributed by atoms with van der Waals surface area (Å²) in [5, 5.41) is 0.414. The third-order valence-electron chi connectivity index (χ3n) is 2.40. The molecule has 0 radical (unpaired) electrons. The van der Waals surface area contributed by atoms with Crippen molar-refractivity contribution in [2.45, 2.75) is 13.3 Å². The average molecular weight is 241 g/mol. The van der Waals surface area contributed by atoms with Crippen molar-refractivity contribution in [3.63, 3.8) is 0 Å². The van der Waals surface area contributed by atoms with Crippen LogP contribution in [0.15, 0.2) is 40.8 Å². The van der Waals surface area contributed by atoms with E-state index < -0.39 is 0 Å². The van der Waals surface area contributed by atoms with Gasteiger partial charge in [-0.25, -0.2) is 4.99 Å². The minimum Gasteiger partial charge on any atom is -0.416 e. The number of nitrogens with zero attached hydrogens (tertiary/aromatic N) is 1. The van der Waals surface area contributed by atoms with Crippen LogP contribution in [0.1, 0.15) is 13.3 Å². The molecule has 0 saturated carbocycles. The standard InChI is InChI=1S/C11H13ClN2O2/c1-7(10(6-15)8(2)16-13)9-4-3-5-14-11(9)12/h3,5-6,9H,1,4,13H2,2H3/b10-8-. The summed E-state index contributed by atoms with van der Waals surface area (Å²) < 4.78 is 0. The minimum absolute atomic E-state index is 0.183. The van der Waals surface area contributed by atoms with Gasteiger partial charge in [0.05, 0.1) is 5.57 Å². The van der Waals surface area contributed by atoms with Gasteiger partial charge in [0.25, 0.3) is 0 Å². The summed E-state index contributed by atoms with van der Waals surface area (Å²) in [5.41, 5.74) is 0.896. The second-order valence-corrected chi connectivity index (χ2v) is 3.74. The maximum Gasteiger partial charge on any atom is 0.153 e. The fourth-order valence-corrected chi connectivity index (χ4v) is 1.71. The largest absolute Gasteiger partial charge is 0.416 e. The van der Waals surface area contributed by atoms with Crippen LogP contribution in [0.4, 0.5) is 0 Å². The smallest absolute Gasteiger partial charge is 0.153 e. The third kappa shape index (κ3) is 2.59. The molecule has 1 rings (SSSR count). The first-order valence-electron chi connectivity index (χ1n) is 4.72. The highest BCUT2D eigenvalue weighted by Gasteiger charge is 2.22. The first-order valence-corrected chi connectivity index (χ1v) is 5.09. The van der Waals surface area contributed by atoms with E-state index in [0.717, 1.165) is 0 Å². The number of hydrogen-bond acceptors (Lipinski definition) is 4. The molecule has 2 N–H and O–H groups in total. The van der Waals surface area contributed by atoms with E-state index in [1.165, 1.54) is 0 Å². The lowest BCUT2D eigenvalue weighted by Crippen LogP contribution is -2.16. The molecule has 0 saturated heterocycles. The molecule has 1 atom stereocenters. The fourth-order valence-electron chi connectivity index (χ4n) is 1.43. The summed E-state index contributed by atoms with van der Waals surface area (Å²) in [5.74, 6) is 5.15. The minimum atomic E-state index is -0.183. The molecule has 0 aromatic heterocycles. The van der Waals surface area contributed by atoms with Crippen LogP contribution in [0.3, 0.4) is 0 Å². The average Bonchev–Trinajstić information content (AvgIpc) is 2.30. The summed E-state index contributed by atoms with van der Waals surface area (Å²) in [6.45, 7) is 5.44. The molecule has 0 aromatic carbocycles. The topological polar surface area (TPSA) is 64.7 Å². The summed E-state index contributed by atoms with van der Waals surface area (Å²) in [6, 6.07) is 0. The molecule has 0 aliphatic carbocycles. The first kappa shape index (κ1) is 12.7. The quantitative estimate of drug-likeness (QED) is 0.269. The van der Waals surface area contributed by atoms with Crippen molar-refractivity contribution >= 4 is 23.1 Å². The predicted octanol–water partition coefficient (Wildman–Crippen LogP) is 2.08. The zero-order chi connectivity index (χ0) is 12.1. The SMILES string of the molecule is C=C(/C(C=O)=C(/C)ON)C1CC=CN=C1Cl. The second kappa shape index (κ2) is 5.63. The highest BCUT2D eigenvalue weighted by molar-refractivity contribution is 6.66. The van der Waals surface area contributed by atoms with Crippen LogP contribution in [0.2, 0.25) is 0 Å². The van der Waals surface area contributed by atoms with Gasteiger partial charge >= 0.3 is 0 Å². The van der Waals surface area contributed by atoms with Crippen molar-refractivity contribution in [3.8, 4) is 0 Å². The molecule has 1 unspecified atom stereocenters. The Kier molecular flexibility index (Phi) is 4.46. The number of aliphatic imine (C=N–C) groups is 1. The maximum atomic E-state index is 10.9. The van der Waals surface area contributed by atoms with Crippen molar-refractivity contribution in [3.05, 3.63) is 35.8 Å². The van der Waals surface area contributed by atoms with E-state index in [2.05, 4.69) is 16.4 Å².